The molecule has 0 aliphatic carbocycles. The first kappa shape index (κ1) is 10.8. The Balaban J connectivity index is 2.51. The first-order chi connectivity index (χ1) is 5.99. The molecule has 0 spiro atoms. The van der Waals surface area contributed by atoms with Gasteiger partial charge in [0.2, 0.25) is 0 Å². The van der Waals surface area contributed by atoms with E-state index in [1.165, 1.54) is 11.8 Å². The van der Waals surface area contributed by atoms with Crippen molar-refractivity contribution in [3.8, 4) is 0 Å². The van der Waals surface area contributed by atoms with Crippen LogP contribution in [-0.2, 0) is 10.2 Å². The number of hydrogen-bond acceptors (Lipinski definition) is 4. The number of amidine groups is 1. The number of thioether (sulfide) groups is 1. The highest BCUT2D eigenvalue weighted by atomic mass is 32.2. The zero-order chi connectivity index (χ0) is 9.90. The van der Waals surface area contributed by atoms with E-state index in [4.69, 9.17) is 0 Å². The summed E-state index contributed by atoms with van der Waals surface area (Å²) in [6.07, 6.45) is 0. The highest BCUT2D eigenvalue weighted by Crippen LogP contribution is 2.09. The molecule has 13 heavy (non-hydrogen) atoms. The van der Waals surface area contributed by atoms with Gasteiger partial charge in [-0.1, -0.05) is 11.8 Å². The summed E-state index contributed by atoms with van der Waals surface area (Å²) in [4.78, 5) is 3.98. The summed E-state index contributed by atoms with van der Waals surface area (Å²) in [7, 11) is -3.42. The van der Waals surface area contributed by atoms with Crippen LogP contribution < -0.4 is 9.44 Å². The minimum Gasteiger partial charge on any atom is -0.261 e. The average molecular weight is 223 g/mol. The van der Waals surface area contributed by atoms with Crippen LogP contribution in [0.1, 0.15) is 13.8 Å². The Kier molecular flexibility index (Phi) is 3.57. The summed E-state index contributed by atoms with van der Waals surface area (Å²) in [5.74, 6) is 0.847. The van der Waals surface area contributed by atoms with E-state index in [2.05, 4.69) is 14.4 Å². The van der Waals surface area contributed by atoms with Crippen LogP contribution in [0.25, 0.3) is 0 Å². The molecular formula is C6H13N3O2S2. The van der Waals surface area contributed by atoms with Crippen molar-refractivity contribution in [1.82, 2.24) is 9.44 Å². The second-order valence-electron chi connectivity index (χ2n) is 2.91. The van der Waals surface area contributed by atoms with Crippen molar-refractivity contribution in [3.63, 3.8) is 0 Å². The summed E-state index contributed by atoms with van der Waals surface area (Å²) >= 11 is 1.42. The molecule has 0 atom stereocenters. The van der Waals surface area contributed by atoms with E-state index in [1.54, 1.807) is 13.8 Å². The van der Waals surface area contributed by atoms with E-state index in [0.29, 0.717) is 11.7 Å². The maximum Gasteiger partial charge on any atom is 0.300 e. The third-order valence-electron chi connectivity index (χ3n) is 1.20. The molecule has 0 radical (unpaired) electrons. The SMILES string of the molecule is CC(C)NS(=O)(=O)NC1=NCCS1. The summed E-state index contributed by atoms with van der Waals surface area (Å²) in [5.41, 5.74) is 0. The van der Waals surface area contributed by atoms with Gasteiger partial charge >= 0.3 is 10.2 Å². The Bertz CT molecular complexity index is 297. The molecule has 1 rings (SSSR count). The van der Waals surface area contributed by atoms with Crippen LogP contribution in [0.4, 0.5) is 0 Å². The second kappa shape index (κ2) is 4.30. The normalized spacial score (nSPS) is 17.6. The number of hydrogen-bond donors (Lipinski definition) is 2. The fourth-order valence-electron chi connectivity index (χ4n) is 0.852. The molecule has 7 heteroatoms. The van der Waals surface area contributed by atoms with Gasteiger partial charge in [0.05, 0.1) is 6.54 Å². The van der Waals surface area contributed by atoms with Gasteiger partial charge in [-0.3, -0.25) is 4.99 Å². The van der Waals surface area contributed by atoms with Crippen LogP contribution in [-0.4, -0.2) is 31.9 Å². The molecule has 0 amide bonds. The molecule has 2 N–H and O–H groups in total. The van der Waals surface area contributed by atoms with Crippen molar-refractivity contribution in [3.05, 3.63) is 0 Å². The van der Waals surface area contributed by atoms with E-state index in [0.717, 1.165) is 5.75 Å². The third kappa shape index (κ3) is 3.97. The molecule has 0 aromatic carbocycles. The van der Waals surface area contributed by atoms with E-state index in [9.17, 15) is 8.42 Å². The predicted octanol–water partition coefficient (Wildman–Crippen LogP) is -0.0784. The van der Waals surface area contributed by atoms with Crippen LogP contribution >= 0.6 is 11.8 Å². The van der Waals surface area contributed by atoms with Crippen LogP contribution in [0.15, 0.2) is 4.99 Å². The zero-order valence-electron chi connectivity index (χ0n) is 7.57. The molecule has 0 fully saturated rings. The van der Waals surface area contributed by atoms with Crippen molar-refractivity contribution in [2.24, 2.45) is 4.99 Å². The minimum absolute atomic E-state index is 0.107. The molecule has 76 valence electrons. The number of rotatable bonds is 3. The molecule has 0 bridgehead atoms. The van der Waals surface area contributed by atoms with Gasteiger partial charge in [0.15, 0.2) is 5.17 Å². The lowest BCUT2D eigenvalue weighted by Crippen LogP contribution is -2.41. The van der Waals surface area contributed by atoms with Crippen LogP contribution in [0.3, 0.4) is 0 Å². The Morgan fingerprint density at radius 3 is 2.69 bits per heavy atom. The highest BCUT2D eigenvalue weighted by Gasteiger charge is 2.16. The molecule has 0 aromatic heterocycles. The van der Waals surface area contributed by atoms with E-state index in [1.807, 2.05) is 0 Å². The molecule has 0 unspecified atom stereocenters. The van der Waals surface area contributed by atoms with Crippen LogP contribution in [0.5, 0.6) is 0 Å². The van der Waals surface area contributed by atoms with E-state index < -0.39 is 10.2 Å². The number of nitrogens with one attached hydrogen (secondary N) is 2. The molecule has 1 heterocycles. The Labute approximate surface area is 82.6 Å². The predicted molar refractivity (Wildman–Crippen MR) is 55.1 cm³/mol. The van der Waals surface area contributed by atoms with E-state index in [-0.39, 0.29) is 6.04 Å². The van der Waals surface area contributed by atoms with Crippen LogP contribution in [0, 0.1) is 0 Å². The zero-order valence-corrected chi connectivity index (χ0v) is 9.20. The lowest BCUT2D eigenvalue weighted by atomic mass is 10.4. The molecule has 0 saturated carbocycles. The molecule has 1 aliphatic heterocycles. The first-order valence-corrected chi connectivity index (χ1v) is 6.44. The largest absolute Gasteiger partial charge is 0.300 e. The first-order valence-electron chi connectivity index (χ1n) is 3.97. The highest BCUT2D eigenvalue weighted by molar-refractivity contribution is 8.15. The minimum atomic E-state index is -3.42. The summed E-state index contributed by atoms with van der Waals surface area (Å²) < 4.78 is 27.3. The van der Waals surface area contributed by atoms with Gasteiger partial charge in [-0.15, -0.1) is 0 Å². The van der Waals surface area contributed by atoms with Crippen LogP contribution in [0.2, 0.25) is 0 Å². The van der Waals surface area contributed by atoms with Gasteiger partial charge in [0, 0.05) is 11.8 Å². The molecule has 5 nitrogen and oxygen atoms in total. The van der Waals surface area contributed by atoms with Gasteiger partial charge in [0.25, 0.3) is 0 Å². The van der Waals surface area contributed by atoms with Gasteiger partial charge in [0.1, 0.15) is 0 Å². The smallest absolute Gasteiger partial charge is 0.261 e. The maximum absolute atomic E-state index is 11.3. The summed E-state index contributed by atoms with van der Waals surface area (Å²) in [5, 5.41) is 0.480. The topological polar surface area (TPSA) is 70.6 Å². The number of nitrogens with zero attached hydrogens (tertiary/aromatic N) is 1. The third-order valence-corrected chi connectivity index (χ3v) is 3.46. The van der Waals surface area contributed by atoms with Crippen molar-refractivity contribution in [2.75, 3.05) is 12.3 Å². The average Bonchev–Trinajstić information content (AvgIpc) is 2.34. The van der Waals surface area contributed by atoms with Gasteiger partial charge in [-0.2, -0.15) is 13.1 Å². The fourth-order valence-corrected chi connectivity index (χ4v) is 2.95. The molecule has 0 aromatic rings. The quantitative estimate of drug-likeness (QED) is 0.703. The van der Waals surface area contributed by atoms with Gasteiger partial charge in [-0.25, -0.2) is 4.72 Å². The van der Waals surface area contributed by atoms with Crippen molar-refractivity contribution < 1.29 is 8.42 Å². The second-order valence-corrected chi connectivity index (χ2v) is 5.44. The Morgan fingerprint density at radius 2 is 2.23 bits per heavy atom. The standard InChI is InChI=1S/C6H13N3O2S2/c1-5(2)8-13(10,11)9-6-7-3-4-12-6/h5,8H,3-4H2,1-2H3,(H,7,9). The van der Waals surface area contributed by atoms with Crippen molar-refractivity contribution >= 4 is 27.1 Å². The van der Waals surface area contributed by atoms with Crippen molar-refractivity contribution in [2.45, 2.75) is 19.9 Å². The van der Waals surface area contributed by atoms with Gasteiger partial charge in [-0.05, 0) is 13.8 Å². The van der Waals surface area contributed by atoms with E-state index >= 15 is 0 Å². The fraction of sp³-hybridized carbons (Fsp3) is 0.833. The monoisotopic (exact) mass is 223 g/mol. The maximum atomic E-state index is 11.3. The Hall–Kier alpha value is -0.270. The number of aliphatic imine (C=N–C) groups is 1. The molecule has 1 aliphatic rings. The summed E-state index contributed by atoms with van der Waals surface area (Å²) in [6.45, 7) is 4.22. The van der Waals surface area contributed by atoms with Gasteiger partial charge < -0.3 is 0 Å². The summed E-state index contributed by atoms with van der Waals surface area (Å²) in [6, 6.07) is -0.107. The van der Waals surface area contributed by atoms with Crippen molar-refractivity contribution in [1.29, 1.82) is 0 Å². The lowest BCUT2D eigenvalue weighted by Gasteiger charge is -2.10. The lowest BCUT2D eigenvalue weighted by molar-refractivity contribution is 0.566. The molecule has 0 saturated heterocycles. The molecular weight excluding hydrogens is 210 g/mol. The Morgan fingerprint density at radius 1 is 1.54 bits per heavy atom.